The van der Waals surface area contributed by atoms with Crippen molar-refractivity contribution in [2.75, 3.05) is 26.1 Å². The van der Waals surface area contributed by atoms with Crippen molar-refractivity contribution in [1.82, 2.24) is 24.8 Å². The van der Waals surface area contributed by atoms with E-state index in [1.807, 2.05) is 55.5 Å². The fourth-order valence-corrected chi connectivity index (χ4v) is 7.80. The van der Waals surface area contributed by atoms with Gasteiger partial charge in [-0.2, -0.15) is 0 Å². The van der Waals surface area contributed by atoms with E-state index in [0.29, 0.717) is 52.5 Å². The highest BCUT2D eigenvalue weighted by atomic mass is 35.5. The molecule has 51 heavy (non-hydrogen) atoms. The first-order valence-corrected chi connectivity index (χ1v) is 17.1. The number of nitrogens with one attached hydrogen (secondary N) is 1. The zero-order valence-electron chi connectivity index (χ0n) is 28.6. The number of halogens is 3. The van der Waals surface area contributed by atoms with E-state index in [0.717, 1.165) is 53.5 Å². The lowest BCUT2D eigenvalue weighted by Crippen LogP contribution is -2.56. The summed E-state index contributed by atoms with van der Waals surface area (Å²) < 4.78 is 38.6. The Labute approximate surface area is 299 Å². The van der Waals surface area contributed by atoms with Gasteiger partial charge in [0.15, 0.2) is 11.6 Å². The van der Waals surface area contributed by atoms with Crippen LogP contribution in [0.15, 0.2) is 67.4 Å². The number of esters is 1. The molecule has 9 nitrogen and oxygen atoms in total. The molecule has 1 saturated carbocycles. The number of carbonyl (C=O) groups excluding carboxylic acids is 1. The van der Waals surface area contributed by atoms with Gasteiger partial charge in [-0.15, -0.1) is 0 Å². The summed E-state index contributed by atoms with van der Waals surface area (Å²) in [6, 6.07) is 17.4. The molecule has 0 spiro atoms. The standard InChI is InChI=1S/C39H37ClF2N6O3/c1-5-23-18-31-33(43-19-23)35(47-36(45-31)34(41)42)44-29-11-7-8-26(22(29)2)27-9-6-10-28(32(27)40)30-13-12-24(37(46-30)50-3)20-48-21-39(38(49)51-4)16-14-25(48)15-17-39/h5-13,18-19,25,34H,1,14-17,20-21H2,2-4H3,(H,44,45,47). The molecule has 1 aliphatic carbocycles. The number of alkyl halides is 2. The minimum absolute atomic E-state index is 0.125. The largest absolute Gasteiger partial charge is 0.481 e. The van der Waals surface area contributed by atoms with Gasteiger partial charge in [-0.25, -0.2) is 23.7 Å². The van der Waals surface area contributed by atoms with Gasteiger partial charge >= 0.3 is 5.97 Å². The molecule has 3 fully saturated rings. The average molecular weight is 711 g/mol. The molecule has 0 radical (unpaired) electrons. The highest BCUT2D eigenvalue weighted by Crippen LogP contribution is 2.46. The molecular weight excluding hydrogens is 674 g/mol. The third-order valence-corrected chi connectivity index (χ3v) is 10.6. The number of piperidine rings is 2. The zero-order chi connectivity index (χ0) is 35.9. The van der Waals surface area contributed by atoms with Crippen molar-refractivity contribution >= 4 is 46.2 Å². The van der Waals surface area contributed by atoms with E-state index in [-0.39, 0.29) is 17.3 Å². The van der Waals surface area contributed by atoms with Gasteiger partial charge in [0.05, 0.1) is 35.9 Å². The lowest BCUT2D eigenvalue weighted by Gasteiger charge is -2.51. The molecule has 5 aromatic rings. The number of aromatic nitrogens is 4. The van der Waals surface area contributed by atoms with Crippen LogP contribution in [0.5, 0.6) is 5.88 Å². The van der Waals surface area contributed by atoms with Crippen LogP contribution in [0.25, 0.3) is 39.5 Å². The van der Waals surface area contributed by atoms with E-state index in [9.17, 15) is 13.6 Å². The minimum Gasteiger partial charge on any atom is -0.481 e. The molecule has 0 unspecified atom stereocenters. The van der Waals surface area contributed by atoms with Gasteiger partial charge in [-0.05, 0) is 67.5 Å². The number of hydrogen-bond acceptors (Lipinski definition) is 9. The van der Waals surface area contributed by atoms with Crippen LogP contribution < -0.4 is 10.1 Å². The second kappa shape index (κ2) is 14.0. The van der Waals surface area contributed by atoms with Crippen LogP contribution in [0.2, 0.25) is 5.02 Å². The number of methoxy groups -OCH3 is 2. The molecule has 2 aliphatic heterocycles. The number of pyridine rings is 2. The highest BCUT2D eigenvalue weighted by molar-refractivity contribution is 6.36. The van der Waals surface area contributed by atoms with Gasteiger partial charge in [-0.3, -0.25) is 14.7 Å². The fourth-order valence-electron chi connectivity index (χ4n) is 7.48. The van der Waals surface area contributed by atoms with Crippen molar-refractivity contribution in [2.24, 2.45) is 5.41 Å². The normalized spacial score (nSPS) is 18.6. The molecule has 2 aromatic carbocycles. The molecule has 2 bridgehead atoms. The van der Waals surface area contributed by atoms with Crippen molar-refractivity contribution in [2.45, 2.75) is 51.6 Å². The van der Waals surface area contributed by atoms with Crippen molar-refractivity contribution in [3.8, 4) is 28.3 Å². The Morgan fingerprint density at radius 3 is 2.55 bits per heavy atom. The Hall–Kier alpha value is -5.00. The van der Waals surface area contributed by atoms with E-state index >= 15 is 0 Å². The van der Waals surface area contributed by atoms with Gasteiger partial charge in [0.1, 0.15) is 5.52 Å². The van der Waals surface area contributed by atoms with E-state index in [1.54, 1.807) is 25.4 Å². The molecule has 262 valence electrons. The molecule has 0 amide bonds. The molecule has 1 N–H and O–H groups in total. The van der Waals surface area contributed by atoms with E-state index in [1.165, 1.54) is 7.11 Å². The lowest BCUT2D eigenvalue weighted by molar-refractivity contribution is -0.163. The van der Waals surface area contributed by atoms with Crippen LogP contribution >= 0.6 is 11.6 Å². The molecular formula is C39H37ClF2N6O3. The molecule has 2 saturated heterocycles. The zero-order valence-corrected chi connectivity index (χ0v) is 29.3. The molecule has 5 heterocycles. The van der Waals surface area contributed by atoms with Gasteiger partial charge < -0.3 is 14.8 Å². The van der Waals surface area contributed by atoms with Gasteiger partial charge in [0.2, 0.25) is 5.88 Å². The van der Waals surface area contributed by atoms with Crippen molar-refractivity contribution < 1.29 is 23.0 Å². The van der Waals surface area contributed by atoms with Crippen LogP contribution in [-0.2, 0) is 16.1 Å². The summed E-state index contributed by atoms with van der Waals surface area (Å²) in [7, 11) is 3.07. The number of benzene rings is 2. The monoisotopic (exact) mass is 710 g/mol. The summed E-state index contributed by atoms with van der Waals surface area (Å²) in [6.07, 6.45) is 3.93. The summed E-state index contributed by atoms with van der Waals surface area (Å²) in [5, 5.41) is 3.73. The first-order chi connectivity index (χ1) is 24.6. The van der Waals surface area contributed by atoms with Crippen LogP contribution in [0.1, 0.15) is 54.6 Å². The Morgan fingerprint density at radius 2 is 1.82 bits per heavy atom. The predicted molar refractivity (Wildman–Crippen MR) is 194 cm³/mol. The third-order valence-electron chi connectivity index (χ3n) is 10.2. The molecule has 8 rings (SSSR count). The fraction of sp³-hybridized carbons (Fsp3) is 0.308. The maximum atomic E-state index is 13.8. The first kappa shape index (κ1) is 34.4. The summed E-state index contributed by atoms with van der Waals surface area (Å²) >= 11 is 7.14. The number of rotatable bonds is 10. The summed E-state index contributed by atoms with van der Waals surface area (Å²) in [4.78, 5) is 32.5. The second-order valence-corrected chi connectivity index (χ2v) is 13.5. The summed E-state index contributed by atoms with van der Waals surface area (Å²) in [6.45, 7) is 6.93. The van der Waals surface area contributed by atoms with Crippen LogP contribution in [0.4, 0.5) is 20.3 Å². The van der Waals surface area contributed by atoms with Crippen LogP contribution in [0.3, 0.4) is 0 Å². The first-order valence-electron chi connectivity index (χ1n) is 16.7. The summed E-state index contributed by atoms with van der Waals surface area (Å²) in [5.41, 5.74) is 6.23. The minimum atomic E-state index is -2.86. The number of hydrogen-bond donors (Lipinski definition) is 1. The maximum absolute atomic E-state index is 13.8. The highest BCUT2D eigenvalue weighted by Gasteiger charge is 2.50. The SMILES string of the molecule is C=Cc1cnc2c(Nc3cccc(-c4cccc(-c5ccc(CN6CC7(C(=O)OC)CCC6CC7)c(OC)n5)c4Cl)c3C)nc(C(F)F)nc2c1. The van der Waals surface area contributed by atoms with Gasteiger partial charge in [-0.1, -0.05) is 60.7 Å². The topological polar surface area (TPSA) is 102 Å². The Bertz CT molecular complexity index is 2150. The van der Waals surface area contributed by atoms with Crippen molar-refractivity contribution in [1.29, 1.82) is 0 Å². The lowest BCUT2D eigenvalue weighted by atomic mass is 9.67. The molecule has 3 aliphatic rings. The third kappa shape index (κ3) is 6.40. The van der Waals surface area contributed by atoms with E-state index in [2.05, 4.69) is 31.7 Å². The van der Waals surface area contributed by atoms with E-state index < -0.39 is 17.7 Å². The molecule has 12 heteroatoms. The van der Waals surface area contributed by atoms with Gasteiger partial charge in [0, 0.05) is 47.7 Å². The predicted octanol–water partition coefficient (Wildman–Crippen LogP) is 8.97. The smallest absolute Gasteiger partial charge is 0.313 e. The number of ether oxygens (including phenoxy) is 2. The number of fused-ring (bicyclic) bond motifs is 4. The van der Waals surface area contributed by atoms with Crippen molar-refractivity contribution in [3.05, 3.63) is 94.9 Å². The van der Waals surface area contributed by atoms with Crippen LogP contribution in [0, 0.1) is 12.3 Å². The quantitative estimate of drug-likeness (QED) is 0.142. The average Bonchev–Trinajstić information content (AvgIpc) is 3.15. The van der Waals surface area contributed by atoms with Crippen molar-refractivity contribution in [3.63, 3.8) is 0 Å². The Balaban J connectivity index is 1.19. The second-order valence-electron chi connectivity index (χ2n) is 13.1. The molecule has 0 atom stereocenters. The number of nitrogens with zero attached hydrogens (tertiary/aromatic N) is 5. The summed E-state index contributed by atoms with van der Waals surface area (Å²) in [5.74, 6) is -0.0565. The Kier molecular flexibility index (Phi) is 9.43. The maximum Gasteiger partial charge on any atom is 0.313 e. The number of carbonyl (C=O) groups is 1. The Morgan fingerprint density at radius 1 is 1.08 bits per heavy atom. The van der Waals surface area contributed by atoms with Gasteiger partial charge in [0.25, 0.3) is 6.43 Å². The van der Waals surface area contributed by atoms with Crippen LogP contribution in [-0.4, -0.2) is 57.6 Å². The number of anilines is 2. The van der Waals surface area contributed by atoms with E-state index in [4.69, 9.17) is 26.1 Å². The molecule has 3 aromatic heterocycles.